The van der Waals surface area contributed by atoms with Crippen LogP contribution in [0.1, 0.15) is 26.3 Å². The van der Waals surface area contributed by atoms with Crippen molar-refractivity contribution >= 4 is 11.7 Å². The molecule has 0 aliphatic heterocycles. The van der Waals surface area contributed by atoms with E-state index in [-0.39, 0.29) is 12.1 Å². The van der Waals surface area contributed by atoms with E-state index >= 15 is 0 Å². The predicted octanol–water partition coefficient (Wildman–Crippen LogP) is 2.92. The zero-order chi connectivity index (χ0) is 12.8. The van der Waals surface area contributed by atoms with Crippen molar-refractivity contribution in [2.24, 2.45) is 0 Å². The first kappa shape index (κ1) is 13.4. The molecule has 17 heavy (non-hydrogen) atoms. The van der Waals surface area contributed by atoms with Crippen molar-refractivity contribution in [3.8, 4) is 5.75 Å². The van der Waals surface area contributed by atoms with Crippen LogP contribution in [-0.4, -0.2) is 18.7 Å². The van der Waals surface area contributed by atoms with Gasteiger partial charge in [0.1, 0.15) is 5.75 Å². The lowest BCUT2D eigenvalue weighted by Crippen LogP contribution is -2.34. The van der Waals surface area contributed by atoms with Crippen LogP contribution in [0.25, 0.3) is 0 Å². The normalized spacial score (nSPS) is 10.2. The molecule has 4 heteroatoms. The van der Waals surface area contributed by atoms with Gasteiger partial charge in [-0.25, -0.2) is 4.79 Å². The fourth-order valence-electron chi connectivity index (χ4n) is 1.47. The predicted molar refractivity (Wildman–Crippen MR) is 69.6 cm³/mol. The molecule has 0 aromatic heterocycles. The van der Waals surface area contributed by atoms with Gasteiger partial charge in [-0.05, 0) is 51.5 Å². The second-order valence-corrected chi connectivity index (χ2v) is 4.17. The molecule has 0 unspecified atom stereocenters. The summed E-state index contributed by atoms with van der Waals surface area (Å²) in [5.41, 5.74) is 1.78. The number of amides is 2. The number of anilines is 1. The minimum absolute atomic E-state index is 0.124. The Balaban J connectivity index is 2.67. The van der Waals surface area contributed by atoms with E-state index in [4.69, 9.17) is 4.74 Å². The smallest absolute Gasteiger partial charge is 0.319 e. The molecule has 0 bridgehead atoms. The zero-order valence-corrected chi connectivity index (χ0v) is 10.8. The fraction of sp³-hybridized carbons (Fsp3) is 0.462. The van der Waals surface area contributed by atoms with Gasteiger partial charge in [0.25, 0.3) is 0 Å². The van der Waals surface area contributed by atoms with Gasteiger partial charge in [-0.3, -0.25) is 0 Å². The molecular formula is C13H20N2O2. The second kappa shape index (κ2) is 6.13. The Morgan fingerprint density at radius 3 is 2.65 bits per heavy atom. The first-order valence-electron chi connectivity index (χ1n) is 5.84. The highest BCUT2D eigenvalue weighted by molar-refractivity contribution is 5.89. The van der Waals surface area contributed by atoms with Crippen molar-refractivity contribution in [3.05, 3.63) is 23.8 Å². The highest BCUT2D eigenvalue weighted by Crippen LogP contribution is 2.21. The van der Waals surface area contributed by atoms with Gasteiger partial charge >= 0.3 is 6.03 Å². The van der Waals surface area contributed by atoms with Gasteiger partial charge in [0.2, 0.25) is 0 Å². The molecule has 2 N–H and O–H groups in total. The SMILES string of the molecule is CCOc1ccc(NC(=O)NC(C)C)cc1C. The number of carbonyl (C=O) groups excluding carboxylic acids is 1. The number of urea groups is 1. The van der Waals surface area contributed by atoms with Crippen molar-refractivity contribution in [3.63, 3.8) is 0 Å². The lowest BCUT2D eigenvalue weighted by atomic mass is 10.2. The van der Waals surface area contributed by atoms with Crippen LogP contribution in [-0.2, 0) is 0 Å². The van der Waals surface area contributed by atoms with Crippen LogP contribution in [0.2, 0.25) is 0 Å². The van der Waals surface area contributed by atoms with Crippen molar-refractivity contribution in [1.29, 1.82) is 0 Å². The third-order valence-corrected chi connectivity index (χ3v) is 2.15. The molecule has 94 valence electrons. The summed E-state index contributed by atoms with van der Waals surface area (Å²) in [7, 11) is 0. The summed E-state index contributed by atoms with van der Waals surface area (Å²) in [5.74, 6) is 0.849. The van der Waals surface area contributed by atoms with Crippen molar-refractivity contribution < 1.29 is 9.53 Å². The van der Waals surface area contributed by atoms with E-state index in [2.05, 4.69) is 10.6 Å². The summed E-state index contributed by atoms with van der Waals surface area (Å²) in [6.45, 7) is 8.38. The van der Waals surface area contributed by atoms with Gasteiger partial charge in [-0.15, -0.1) is 0 Å². The summed E-state index contributed by atoms with van der Waals surface area (Å²) < 4.78 is 5.43. The van der Waals surface area contributed by atoms with Crippen LogP contribution in [0.3, 0.4) is 0 Å². The van der Waals surface area contributed by atoms with Crippen LogP contribution in [0, 0.1) is 6.92 Å². The maximum absolute atomic E-state index is 11.5. The van der Waals surface area contributed by atoms with Gasteiger partial charge in [0.05, 0.1) is 6.61 Å². The Labute approximate surface area is 102 Å². The Hall–Kier alpha value is -1.71. The molecule has 0 aliphatic carbocycles. The summed E-state index contributed by atoms with van der Waals surface area (Å²) in [6, 6.07) is 5.52. The molecule has 1 aromatic rings. The molecule has 1 aromatic carbocycles. The van der Waals surface area contributed by atoms with Crippen LogP contribution < -0.4 is 15.4 Å². The molecular weight excluding hydrogens is 216 g/mol. The second-order valence-electron chi connectivity index (χ2n) is 4.17. The molecule has 4 nitrogen and oxygen atoms in total. The van der Waals surface area contributed by atoms with Gasteiger partial charge in [0.15, 0.2) is 0 Å². The first-order valence-corrected chi connectivity index (χ1v) is 5.84. The maximum atomic E-state index is 11.5. The molecule has 0 fully saturated rings. The number of aryl methyl sites for hydroxylation is 1. The van der Waals surface area contributed by atoms with E-state index < -0.39 is 0 Å². The van der Waals surface area contributed by atoms with E-state index in [9.17, 15) is 4.79 Å². The molecule has 0 heterocycles. The van der Waals surface area contributed by atoms with Crippen molar-refractivity contribution in [2.45, 2.75) is 33.7 Å². The number of rotatable bonds is 4. The first-order chi connectivity index (χ1) is 8.02. The standard InChI is InChI=1S/C13H20N2O2/c1-5-17-12-7-6-11(8-10(12)4)15-13(16)14-9(2)3/h6-9H,5H2,1-4H3,(H2,14,15,16). The molecule has 0 atom stereocenters. The van der Waals surface area contributed by atoms with Crippen molar-refractivity contribution in [1.82, 2.24) is 5.32 Å². The zero-order valence-electron chi connectivity index (χ0n) is 10.8. The summed E-state index contributed by atoms with van der Waals surface area (Å²) in [4.78, 5) is 11.5. The van der Waals surface area contributed by atoms with Gasteiger partial charge in [0, 0.05) is 11.7 Å². The fourth-order valence-corrected chi connectivity index (χ4v) is 1.47. The highest BCUT2D eigenvalue weighted by Gasteiger charge is 2.05. The average Bonchev–Trinajstić information content (AvgIpc) is 2.21. The summed E-state index contributed by atoms with van der Waals surface area (Å²) in [6.07, 6.45) is 0. The Kier molecular flexibility index (Phi) is 4.82. The highest BCUT2D eigenvalue weighted by atomic mass is 16.5. The molecule has 0 saturated carbocycles. The minimum Gasteiger partial charge on any atom is -0.494 e. The average molecular weight is 236 g/mol. The summed E-state index contributed by atoms with van der Waals surface area (Å²) in [5, 5.41) is 5.55. The molecule has 0 saturated heterocycles. The molecule has 0 radical (unpaired) electrons. The maximum Gasteiger partial charge on any atom is 0.319 e. The Morgan fingerprint density at radius 1 is 1.41 bits per heavy atom. The molecule has 2 amide bonds. The van der Waals surface area contributed by atoms with Gasteiger partial charge < -0.3 is 15.4 Å². The molecule has 1 rings (SSSR count). The third-order valence-electron chi connectivity index (χ3n) is 2.15. The number of hydrogen-bond acceptors (Lipinski definition) is 2. The molecule has 0 spiro atoms. The topological polar surface area (TPSA) is 50.4 Å². The minimum atomic E-state index is -0.191. The Morgan fingerprint density at radius 2 is 2.12 bits per heavy atom. The van der Waals surface area contributed by atoms with E-state index in [1.807, 2.05) is 45.9 Å². The van der Waals surface area contributed by atoms with E-state index in [0.29, 0.717) is 6.61 Å². The third kappa shape index (κ3) is 4.34. The number of hydrogen-bond donors (Lipinski definition) is 2. The monoisotopic (exact) mass is 236 g/mol. The van der Waals surface area contributed by atoms with Crippen LogP contribution in [0.15, 0.2) is 18.2 Å². The number of nitrogens with one attached hydrogen (secondary N) is 2. The number of benzene rings is 1. The van der Waals surface area contributed by atoms with Gasteiger partial charge in [-0.1, -0.05) is 0 Å². The largest absolute Gasteiger partial charge is 0.494 e. The Bertz CT molecular complexity index is 389. The lowest BCUT2D eigenvalue weighted by Gasteiger charge is -2.12. The van der Waals surface area contributed by atoms with Crippen LogP contribution in [0.5, 0.6) is 5.75 Å². The lowest BCUT2D eigenvalue weighted by molar-refractivity contribution is 0.250. The molecule has 0 aliphatic rings. The van der Waals surface area contributed by atoms with E-state index in [1.165, 1.54) is 0 Å². The van der Waals surface area contributed by atoms with E-state index in [0.717, 1.165) is 17.0 Å². The van der Waals surface area contributed by atoms with Crippen LogP contribution >= 0.6 is 0 Å². The van der Waals surface area contributed by atoms with Gasteiger partial charge in [-0.2, -0.15) is 0 Å². The van der Waals surface area contributed by atoms with Crippen molar-refractivity contribution in [2.75, 3.05) is 11.9 Å². The summed E-state index contributed by atoms with van der Waals surface area (Å²) >= 11 is 0. The number of carbonyl (C=O) groups is 1. The quantitative estimate of drug-likeness (QED) is 0.844. The van der Waals surface area contributed by atoms with E-state index in [1.54, 1.807) is 0 Å². The van der Waals surface area contributed by atoms with Crippen LogP contribution in [0.4, 0.5) is 10.5 Å². The number of ether oxygens (including phenoxy) is 1.